The normalized spacial score (nSPS) is 24.8. The quantitative estimate of drug-likeness (QED) is 0.537. The molecule has 1 atom stereocenters. The molecule has 2 aliphatic carbocycles. The van der Waals surface area contributed by atoms with Gasteiger partial charge in [-0.3, -0.25) is 19.4 Å². The Hall–Kier alpha value is -2.31. The van der Waals surface area contributed by atoms with E-state index in [-0.39, 0.29) is 18.5 Å². The fraction of sp³-hybridized carbons (Fsp3) is 0.600. The maximum atomic E-state index is 13.0. The Bertz CT molecular complexity index is 1100. The highest BCUT2D eigenvalue weighted by molar-refractivity contribution is 7.90. The molecule has 32 heavy (non-hydrogen) atoms. The number of sulfonamides is 1. The predicted octanol–water partition coefficient (Wildman–Crippen LogP) is 0.383. The van der Waals surface area contributed by atoms with Crippen molar-refractivity contribution in [2.75, 3.05) is 26.7 Å². The van der Waals surface area contributed by atoms with Crippen LogP contribution in [0.2, 0.25) is 0 Å². The molecule has 1 aromatic heterocycles. The molecule has 1 amide bonds. The monoisotopic (exact) mass is 479 g/mol. The molecule has 0 unspecified atom stereocenters. The van der Waals surface area contributed by atoms with Gasteiger partial charge in [-0.1, -0.05) is 0 Å². The van der Waals surface area contributed by atoms with Gasteiger partial charge in [-0.2, -0.15) is 0 Å². The Labute approximate surface area is 190 Å². The summed E-state index contributed by atoms with van der Waals surface area (Å²) in [5, 5.41) is 5.31. The number of hydrogen-bond donors (Lipinski definition) is 2. The molecule has 10 nitrogen and oxygen atoms in total. The van der Waals surface area contributed by atoms with Crippen LogP contribution in [0.4, 0.5) is 0 Å². The van der Waals surface area contributed by atoms with Gasteiger partial charge in [-0.25, -0.2) is 18.2 Å². The van der Waals surface area contributed by atoms with Gasteiger partial charge < -0.3 is 10.1 Å². The molecular formula is C20H25N5O5S2. The summed E-state index contributed by atoms with van der Waals surface area (Å²) in [4.78, 5) is 36.1. The van der Waals surface area contributed by atoms with Gasteiger partial charge in [0.05, 0.1) is 30.5 Å². The summed E-state index contributed by atoms with van der Waals surface area (Å²) in [6.07, 6.45) is 5.53. The summed E-state index contributed by atoms with van der Waals surface area (Å²) in [5.41, 5.74) is 1.06. The van der Waals surface area contributed by atoms with Gasteiger partial charge in [0.15, 0.2) is 10.8 Å². The van der Waals surface area contributed by atoms with Crippen LogP contribution in [0.1, 0.15) is 37.1 Å². The van der Waals surface area contributed by atoms with Crippen molar-refractivity contribution in [3.63, 3.8) is 0 Å². The maximum Gasteiger partial charge on any atom is 0.337 e. The number of nitrogens with zero attached hydrogens (tertiary/aromatic N) is 3. The fourth-order valence-electron chi connectivity index (χ4n) is 4.40. The van der Waals surface area contributed by atoms with Crippen LogP contribution in [0.25, 0.3) is 0 Å². The Morgan fingerprint density at radius 3 is 2.78 bits per heavy atom. The molecule has 3 fully saturated rings. The van der Waals surface area contributed by atoms with E-state index < -0.39 is 33.2 Å². The van der Waals surface area contributed by atoms with Gasteiger partial charge >= 0.3 is 5.97 Å². The summed E-state index contributed by atoms with van der Waals surface area (Å²) in [6.45, 7) is 1.12. The highest BCUT2D eigenvalue weighted by atomic mass is 32.2. The average molecular weight is 480 g/mol. The molecule has 2 saturated carbocycles. The average Bonchev–Trinajstić information content (AvgIpc) is 3.66. The minimum absolute atomic E-state index is 0.0538. The first kappa shape index (κ1) is 21.5. The first-order valence-electron chi connectivity index (χ1n) is 10.6. The summed E-state index contributed by atoms with van der Waals surface area (Å²) < 4.78 is 31.9. The summed E-state index contributed by atoms with van der Waals surface area (Å²) in [6, 6.07) is -0.568. The lowest BCUT2D eigenvalue weighted by molar-refractivity contribution is -0.136. The molecule has 0 bridgehead atoms. The molecule has 0 aromatic carbocycles. The number of aliphatic imine (C=N–C) groups is 1. The minimum Gasteiger partial charge on any atom is -0.466 e. The number of rotatable bonds is 7. The Morgan fingerprint density at radius 2 is 2.16 bits per heavy atom. The molecule has 0 radical (unpaired) electrons. The van der Waals surface area contributed by atoms with E-state index in [1.165, 1.54) is 18.4 Å². The lowest BCUT2D eigenvalue weighted by Gasteiger charge is -2.28. The SMILES string of the molecule is COC(=O)C1=C(CN2CC3(CC3)C[C@H]2C(=O)NS(=O)(=O)C2CC2)NC(c2nccs2)=NC1. The van der Waals surface area contributed by atoms with E-state index in [2.05, 4.69) is 20.0 Å². The Balaban J connectivity index is 1.38. The number of thiazole rings is 1. The van der Waals surface area contributed by atoms with Crippen LogP contribution in [0, 0.1) is 5.41 Å². The van der Waals surface area contributed by atoms with Crippen LogP contribution in [0.3, 0.4) is 0 Å². The minimum atomic E-state index is -3.62. The van der Waals surface area contributed by atoms with E-state index >= 15 is 0 Å². The second-order valence-electron chi connectivity index (χ2n) is 8.91. The van der Waals surface area contributed by atoms with Gasteiger partial charge in [0.25, 0.3) is 5.91 Å². The fourth-order valence-corrected chi connectivity index (χ4v) is 6.34. The number of amides is 1. The van der Waals surface area contributed by atoms with Gasteiger partial charge in [0.2, 0.25) is 10.0 Å². The maximum absolute atomic E-state index is 13.0. The van der Waals surface area contributed by atoms with Gasteiger partial charge in [-0.05, 0) is 37.5 Å². The zero-order chi connectivity index (χ0) is 22.5. The number of hydrogen-bond acceptors (Lipinski definition) is 10. The smallest absolute Gasteiger partial charge is 0.337 e. The molecule has 12 heteroatoms. The predicted molar refractivity (Wildman–Crippen MR) is 117 cm³/mol. The number of carbonyl (C=O) groups is 2. The topological polar surface area (TPSA) is 130 Å². The zero-order valence-electron chi connectivity index (χ0n) is 17.7. The number of nitrogens with one attached hydrogen (secondary N) is 2. The van der Waals surface area contributed by atoms with Crippen LogP contribution in [0.5, 0.6) is 0 Å². The zero-order valence-corrected chi connectivity index (χ0v) is 19.3. The van der Waals surface area contributed by atoms with Crippen LogP contribution in [0.15, 0.2) is 27.8 Å². The largest absolute Gasteiger partial charge is 0.466 e. The van der Waals surface area contributed by atoms with Crippen molar-refractivity contribution < 1.29 is 22.7 Å². The van der Waals surface area contributed by atoms with Crippen molar-refractivity contribution in [2.24, 2.45) is 10.4 Å². The number of carbonyl (C=O) groups excluding carboxylic acids is 2. The Kier molecular flexibility index (Phi) is 5.33. The summed E-state index contributed by atoms with van der Waals surface area (Å²) >= 11 is 1.43. The van der Waals surface area contributed by atoms with Crippen LogP contribution in [-0.2, 0) is 24.3 Å². The van der Waals surface area contributed by atoms with Gasteiger partial charge in [-0.15, -0.1) is 11.3 Å². The van der Waals surface area contributed by atoms with E-state index in [4.69, 9.17) is 4.74 Å². The lowest BCUT2D eigenvalue weighted by atomic mass is 10.0. The number of ether oxygens (including phenoxy) is 1. The molecule has 3 heterocycles. The first-order valence-corrected chi connectivity index (χ1v) is 13.0. The van der Waals surface area contributed by atoms with E-state index in [1.54, 1.807) is 6.20 Å². The summed E-state index contributed by atoms with van der Waals surface area (Å²) in [5.74, 6) is -0.391. The third-order valence-electron chi connectivity index (χ3n) is 6.53. The third-order valence-corrected chi connectivity index (χ3v) is 9.14. The highest BCUT2D eigenvalue weighted by Gasteiger charge is 2.54. The number of amidine groups is 1. The number of likely N-dealkylation sites (tertiary alicyclic amines) is 1. The van der Waals surface area contributed by atoms with Crippen molar-refractivity contribution in [3.05, 3.63) is 27.9 Å². The molecule has 1 saturated heterocycles. The molecule has 4 aliphatic rings. The Morgan fingerprint density at radius 1 is 1.38 bits per heavy atom. The number of methoxy groups -OCH3 is 1. The standard InChI is InChI=1S/C20H25N5O5S2/c1-30-19(27)13-9-22-16(18-21-6-7-31-18)23-14(13)10-25-11-20(4-5-20)8-15(25)17(26)24-32(28,29)12-2-3-12/h6-7,12,15H,2-5,8-11H2,1H3,(H,22,23)(H,24,26)/t15-/m0/s1. The van der Waals surface area contributed by atoms with Gasteiger partial charge in [0.1, 0.15) is 0 Å². The molecule has 1 aromatic rings. The van der Waals surface area contributed by atoms with Gasteiger partial charge in [0, 0.05) is 30.4 Å². The molecule has 172 valence electrons. The van der Waals surface area contributed by atoms with E-state index in [1.807, 2.05) is 10.3 Å². The van der Waals surface area contributed by atoms with Crippen LogP contribution >= 0.6 is 11.3 Å². The van der Waals surface area contributed by atoms with Crippen molar-refractivity contribution >= 4 is 39.1 Å². The van der Waals surface area contributed by atoms with E-state index in [9.17, 15) is 18.0 Å². The van der Waals surface area contributed by atoms with Crippen LogP contribution in [-0.4, -0.2) is 74.0 Å². The first-order chi connectivity index (χ1) is 15.3. The second-order valence-corrected chi connectivity index (χ2v) is 11.8. The number of esters is 1. The van der Waals surface area contributed by atoms with E-state index in [0.717, 1.165) is 12.8 Å². The molecule has 2 N–H and O–H groups in total. The number of aromatic nitrogens is 1. The lowest BCUT2D eigenvalue weighted by Crippen LogP contribution is -2.48. The molecule has 2 aliphatic heterocycles. The summed E-state index contributed by atoms with van der Waals surface area (Å²) in [7, 11) is -2.30. The van der Waals surface area contributed by atoms with Crippen LogP contribution < -0.4 is 10.0 Å². The van der Waals surface area contributed by atoms with Crippen molar-refractivity contribution in [2.45, 2.75) is 43.4 Å². The second kappa shape index (κ2) is 7.92. The molecule has 5 rings (SSSR count). The van der Waals surface area contributed by atoms with Crippen molar-refractivity contribution in [1.82, 2.24) is 19.9 Å². The molecular weight excluding hydrogens is 454 g/mol. The van der Waals surface area contributed by atoms with E-state index in [0.29, 0.717) is 47.9 Å². The highest BCUT2D eigenvalue weighted by Crippen LogP contribution is 2.55. The molecule has 1 spiro atoms. The van der Waals surface area contributed by atoms with Crippen molar-refractivity contribution in [1.29, 1.82) is 0 Å². The third kappa shape index (κ3) is 4.18. The van der Waals surface area contributed by atoms with Crippen molar-refractivity contribution in [3.8, 4) is 0 Å².